The normalized spacial score (nSPS) is 13.8. The third-order valence-corrected chi connectivity index (χ3v) is 5.54. The van der Waals surface area contributed by atoms with Crippen LogP contribution in [0.3, 0.4) is 0 Å². The standard InChI is InChI=1S/C16H16N3OSi/c1-21(2,3)15-9-8-14-11-18(16(20)19(14)15)13-6-4-12(10-17)5-7-13/h4-9,11H,1-3H3/q+1. The van der Waals surface area contributed by atoms with Crippen molar-refractivity contribution in [2.24, 2.45) is 0 Å². The summed E-state index contributed by atoms with van der Waals surface area (Å²) in [5, 5.41) is 9.98. The number of nitriles is 1. The van der Waals surface area contributed by atoms with Gasteiger partial charge in [0.1, 0.15) is 20.0 Å². The average Bonchev–Trinajstić information content (AvgIpc) is 2.99. The van der Waals surface area contributed by atoms with Crippen LogP contribution in [0.5, 0.6) is 0 Å². The molecule has 0 saturated carbocycles. The van der Waals surface area contributed by atoms with Gasteiger partial charge in [-0.2, -0.15) is 19.2 Å². The van der Waals surface area contributed by atoms with E-state index in [-0.39, 0.29) is 6.03 Å². The summed E-state index contributed by atoms with van der Waals surface area (Å²) in [5.74, 6) is 0. The van der Waals surface area contributed by atoms with E-state index in [4.69, 9.17) is 5.26 Å². The fourth-order valence-electron chi connectivity index (χ4n) is 2.53. The molecule has 5 heteroatoms. The summed E-state index contributed by atoms with van der Waals surface area (Å²) >= 11 is 0. The van der Waals surface area contributed by atoms with Crippen LogP contribution in [-0.4, -0.2) is 29.5 Å². The summed E-state index contributed by atoms with van der Waals surface area (Å²) in [7, 11) is -1.57. The molecule has 0 unspecified atom stereocenters. The Kier molecular flexibility index (Phi) is 2.92. The molecule has 0 radical (unpaired) electrons. The number of benzene rings is 1. The van der Waals surface area contributed by atoms with E-state index in [9.17, 15) is 4.79 Å². The van der Waals surface area contributed by atoms with Crippen LogP contribution in [-0.2, 0) is 0 Å². The molecule has 0 N–H and O–H groups in total. The number of carbonyl (C=O) groups excluding carboxylic acids is 1. The van der Waals surface area contributed by atoms with Crippen LogP contribution >= 0.6 is 0 Å². The lowest BCUT2D eigenvalue weighted by molar-refractivity contribution is -0.321. The zero-order chi connectivity index (χ0) is 15.2. The first kappa shape index (κ1) is 13.5. The van der Waals surface area contributed by atoms with Crippen LogP contribution < -0.4 is 5.32 Å². The number of amides is 1. The number of carbonyl (C=O) groups is 1. The van der Waals surface area contributed by atoms with Gasteiger partial charge in [-0.3, -0.25) is 0 Å². The molecular formula is C16H16N3OSi+. The van der Waals surface area contributed by atoms with E-state index in [1.807, 2.05) is 16.8 Å². The minimum atomic E-state index is -1.57. The van der Waals surface area contributed by atoms with Crippen molar-refractivity contribution in [3.05, 3.63) is 47.7 Å². The second-order valence-corrected chi connectivity index (χ2v) is 11.2. The molecule has 3 rings (SSSR count). The number of rotatable bonds is 2. The van der Waals surface area contributed by atoms with Crippen molar-refractivity contribution in [3.8, 4) is 6.07 Å². The predicted octanol–water partition coefficient (Wildman–Crippen LogP) is 2.65. The number of fused-ring (bicyclic) bond motifs is 1. The molecule has 2 heterocycles. The Morgan fingerprint density at radius 2 is 1.76 bits per heavy atom. The summed E-state index contributed by atoms with van der Waals surface area (Å²) in [4.78, 5) is 12.7. The molecule has 1 aromatic carbocycles. The molecule has 104 valence electrons. The highest BCUT2D eigenvalue weighted by molar-refractivity contribution is 6.88. The summed E-state index contributed by atoms with van der Waals surface area (Å²) in [6.45, 7) is 6.69. The SMILES string of the molecule is C[Si](C)(C)c1ccc2n1C(=O)[N+](c1ccc(C#N)cc1)=C2. The highest BCUT2D eigenvalue weighted by atomic mass is 28.3. The maximum atomic E-state index is 12.7. The Balaban J connectivity index is 2.03. The monoisotopic (exact) mass is 294 g/mol. The largest absolute Gasteiger partial charge is 0.508 e. The van der Waals surface area contributed by atoms with Crippen LogP contribution in [0.25, 0.3) is 0 Å². The van der Waals surface area contributed by atoms with Gasteiger partial charge >= 0.3 is 6.03 Å². The molecule has 21 heavy (non-hydrogen) atoms. The average molecular weight is 294 g/mol. The van der Waals surface area contributed by atoms with Gasteiger partial charge in [0.15, 0.2) is 5.69 Å². The maximum absolute atomic E-state index is 12.7. The Hall–Kier alpha value is -2.45. The van der Waals surface area contributed by atoms with Crippen molar-refractivity contribution < 1.29 is 9.37 Å². The van der Waals surface area contributed by atoms with Crippen LogP contribution in [0.15, 0.2) is 36.4 Å². The summed E-state index contributed by atoms with van der Waals surface area (Å²) in [5.41, 5.74) is 2.29. The zero-order valence-corrected chi connectivity index (χ0v) is 13.3. The van der Waals surface area contributed by atoms with E-state index in [0.29, 0.717) is 5.56 Å². The third kappa shape index (κ3) is 2.14. The van der Waals surface area contributed by atoms with Gasteiger partial charge in [-0.25, -0.2) is 0 Å². The number of hydrogen-bond acceptors (Lipinski definition) is 2. The molecule has 1 aromatic heterocycles. The van der Waals surface area contributed by atoms with E-state index in [1.54, 1.807) is 28.8 Å². The van der Waals surface area contributed by atoms with Gasteiger partial charge < -0.3 is 0 Å². The van der Waals surface area contributed by atoms with Crippen molar-refractivity contribution in [1.82, 2.24) is 4.57 Å². The summed E-state index contributed by atoms with van der Waals surface area (Å²) in [6, 6.07) is 13.1. The molecule has 0 fully saturated rings. The summed E-state index contributed by atoms with van der Waals surface area (Å²) < 4.78 is 3.45. The van der Waals surface area contributed by atoms with Crippen molar-refractivity contribution in [3.63, 3.8) is 0 Å². The molecule has 4 nitrogen and oxygen atoms in total. The van der Waals surface area contributed by atoms with Gasteiger partial charge in [-0.05, 0) is 36.4 Å². The van der Waals surface area contributed by atoms with Crippen molar-refractivity contribution >= 4 is 31.3 Å². The smallest absolute Gasteiger partial charge is 0.196 e. The van der Waals surface area contributed by atoms with E-state index < -0.39 is 8.07 Å². The first-order valence-electron chi connectivity index (χ1n) is 6.82. The quantitative estimate of drug-likeness (QED) is 0.631. The molecule has 0 saturated heterocycles. The molecule has 0 atom stereocenters. The minimum Gasteiger partial charge on any atom is -0.196 e. The van der Waals surface area contributed by atoms with Gasteiger partial charge in [-0.1, -0.05) is 19.6 Å². The van der Waals surface area contributed by atoms with Crippen LogP contribution in [0.1, 0.15) is 11.3 Å². The van der Waals surface area contributed by atoms with Crippen molar-refractivity contribution in [2.45, 2.75) is 19.6 Å². The molecular weight excluding hydrogens is 278 g/mol. The highest BCUT2D eigenvalue weighted by Crippen LogP contribution is 2.19. The van der Waals surface area contributed by atoms with E-state index >= 15 is 0 Å². The fraction of sp³-hybridized carbons (Fsp3) is 0.188. The second kappa shape index (κ2) is 4.54. The first-order valence-corrected chi connectivity index (χ1v) is 10.3. The predicted molar refractivity (Wildman–Crippen MR) is 84.4 cm³/mol. The van der Waals surface area contributed by atoms with E-state index in [0.717, 1.165) is 16.7 Å². The van der Waals surface area contributed by atoms with Crippen LogP contribution in [0.2, 0.25) is 19.6 Å². The lowest BCUT2D eigenvalue weighted by atomic mass is 10.2. The van der Waals surface area contributed by atoms with Gasteiger partial charge in [0.25, 0.3) is 0 Å². The Bertz CT molecular complexity index is 802. The van der Waals surface area contributed by atoms with Gasteiger partial charge in [-0.15, -0.1) is 0 Å². The highest BCUT2D eigenvalue weighted by Gasteiger charge is 2.38. The van der Waals surface area contributed by atoms with E-state index in [1.165, 1.54) is 0 Å². The zero-order valence-electron chi connectivity index (χ0n) is 12.3. The van der Waals surface area contributed by atoms with Gasteiger partial charge in [0, 0.05) is 0 Å². The summed E-state index contributed by atoms with van der Waals surface area (Å²) in [6.07, 6.45) is 1.85. The fourth-order valence-corrected chi connectivity index (χ4v) is 4.01. The molecule has 1 amide bonds. The number of aromatic nitrogens is 1. The Morgan fingerprint density at radius 3 is 2.33 bits per heavy atom. The Morgan fingerprint density at radius 1 is 1.10 bits per heavy atom. The van der Waals surface area contributed by atoms with Crippen molar-refractivity contribution in [1.29, 1.82) is 5.26 Å². The van der Waals surface area contributed by atoms with Gasteiger partial charge in [0.05, 0.1) is 16.9 Å². The molecule has 0 aliphatic carbocycles. The molecule has 1 aliphatic rings. The first-order chi connectivity index (χ1) is 9.91. The molecule has 0 spiro atoms. The third-order valence-electron chi connectivity index (χ3n) is 3.61. The van der Waals surface area contributed by atoms with Gasteiger partial charge in [0.2, 0.25) is 0 Å². The number of nitrogens with zero attached hydrogens (tertiary/aromatic N) is 3. The van der Waals surface area contributed by atoms with E-state index in [2.05, 4.69) is 31.8 Å². The van der Waals surface area contributed by atoms with Crippen molar-refractivity contribution in [2.75, 3.05) is 0 Å². The van der Waals surface area contributed by atoms with Crippen LogP contribution in [0.4, 0.5) is 10.5 Å². The molecule has 0 bridgehead atoms. The topological polar surface area (TPSA) is 48.8 Å². The minimum absolute atomic E-state index is 0.0443. The second-order valence-electron chi connectivity index (χ2n) is 6.17. The number of hydrogen-bond donors (Lipinski definition) is 0. The Labute approximate surface area is 124 Å². The lowest BCUT2D eigenvalue weighted by Crippen LogP contribution is -2.45. The maximum Gasteiger partial charge on any atom is 0.508 e. The lowest BCUT2D eigenvalue weighted by Gasteiger charge is -2.12. The molecule has 2 aromatic rings. The molecule has 1 aliphatic heterocycles. The van der Waals surface area contributed by atoms with Crippen LogP contribution in [0, 0.1) is 11.3 Å².